The molecule has 1 atom stereocenters. The zero-order valence-electron chi connectivity index (χ0n) is 12.1. The number of halogens is 1. The molecule has 1 heterocycles. The van der Waals surface area contributed by atoms with Gasteiger partial charge in [0.05, 0.1) is 3.79 Å². The van der Waals surface area contributed by atoms with E-state index in [0.29, 0.717) is 6.04 Å². The average Bonchev–Trinajstić information content (AvgIpc) is 2.81. The standard InChI is InChI=1S/C16H26BrNS/c1-3-10-18-15(11-14-8-9-16(17)19-14)13-6-4-12(2)5-7-13/h8-9,12-13,15,18H,3-7,10-11H2,1-2H3. The minimum Gasteiger partial charge on any atom is -0.313 e. The molecule has 1 aliphatic rings. The molecule has 0 aromatic carbocycles. The highest BCUT2D eigenvalue weighted by Gasteiger charge is 2.26. The van der Waals surface area contributed by atoms with Crippen molar-refractivity contribution >= 4 is 27.3 Å². The third-order valence-corrected chi connectivity index (χ3v) is 5.98. The first kappa shape index (κ1) is 15.5. The van der Waals surface area contributed by atoms with E-state index >= 15 is 0 Å². The number of hydrogen-bond acceptors (Lipinski definition) is 2. The summed E-state index contributed by atoms with van der Waals surface area (Å²) in [6, 6.07) is 5.14. The first-order valence-electron chi connectivity index (χ1n) is 7.66. The molecule has 0 aliphatic heterocycles. The quantitative estimate of drug-likeness (QED) is 0.743. The minimum atomic E-state index is 0.679. The summed E-state index contributed by atoms with van der Waals surface area (Å²) in [6.45, 7) is 5.82. The second-order valence-corrected chi connectivity index (χ2v) is 8.54. The van der Waals surface area contributed by atoms with Gasteiger partial charge in [-0.1, -0.05) is 26.7 Å². The molecule has 108 valence electrons. The van der Waals surface area contributed by atoms with Crippen LogP contribution in [-0.4, -0.2) is 12.6 Å². The van der Waals surface area contributed by atoms with Crippen LogP contribution in [0, 0.1) is 11.8 Å². The normalized spacial score (nSPS) is 25.4. The van der Waals surface area contributed by atoms with Crippen molar-refractivity contribution in [2.45, 2.75) is 58.4 Å². The minimum absolute atomic E-state index is 0.679. The zero-order chi connectivity index (χ0) is 13.7. The topological polar surface area (TPSA) is 12.0 Å². The molecule has 1 nitrogen and oxygen atoms in total. The van der Waals surface area contributed by atoms with Gasteiger partial charge < -0.3 is 5.32 Å². The van der Waals surface area contributed by atoms with Crippen molar-refractivity contribution in [1.29, 1.82) is 0 Å². The summed E-state index contributed by atoms with van der Waals surface area (Å²) < 4.78 is 1.26. The summed E-state index contributed by atoms with van der Waals surface area (Å²) in [4.78, 5) is 1.51. The van der Waals surface area contributed by atoms with Gasteiger partial charge in [-0.05, 0) is 72.1 Å². The van der Waals surface area contributed by atoms with Gasteiger partial charge in [0.15, 0.2) is 0 Å². The highest BCUT2D eigenvalue weighted by atomic mass is 79.9. The Morgan fingerprint density at radius 3 is 2.63 bits per heavy atom. The van der Waals surface area contributed by atoms with Gasteiger partial charge in [0.25, 0.3) is 0 Å². The average molecular weight is 344 g/mol. The number of thiophene rings is 1. The SMILES string of the molecule is CCCNC(Cc1ccc(Br)s1)C1CCC(C)CC1. The molecule has 1 fully saturated rings. The van der Waals surface area contributed by atoms with Gasteiger partial charge in [-0.3, -0.25) is 0 Å². The fourth-order valence-corrected chi connectivity index (χ4v) is 4.64. The van der Waals surface area contributed by atoms with Gasteiger partial charge in [0.1, 0.15) is 0 Å². The smallest absolute Gasteiger partial charge is 0.0701 e. The Kier molecular flexibility index (Phi) is 6.37. The monoisotopic (exact) mass is 343 g/mol. The molecule has 0 bridgehead atoms. The van der Waals surface area contributed by atoms with Gasteiger partial charge in [-0.15, -0.1) is 11.3 Å². The molecule has 1 N–H and O–H groups in total. The maximum absolute atomic E-state index is 3.80. The van der Waals surface area contributed by atoms with Crippen LogP contribution >= 0.6 is 27.3 Å². The van der Waals surface area contributed by atoms with E-state index in [-0.39, 0.29) is 0 Å². The van der Waals surface area contributed by atoms with E-state index in [4.69, 9.17) is 0 Å². The number of hydrogen-bond donors (Lipinski definition) is 1. The highest BCUT2D eigenvalue weighted by Crippen LogP contribution is 2.33. The third-order valence-electron chi connectivity index (χ3n) is 4.34. The molecule has 0 radical (unpaired) electrons. The van der Waals surface area contributed by atoms with E-state index in [1.165, 1.54) is 47.2 Å². The lowest BCUT2D eigenvalue weighted by atomic mass is 9.78. The summed E-state index contributed by atoms with van der Waals surface area (Å²) in [5.74, 6) is 1.82. The van der Waals surface area contributed by atoms with Crippen LogP contribution in [0.25, 0.3) is 0 Å². The Labute approximate surface area is 130 Å². The van der Waals surface area contributed by atoms with Crippen LogP contribution in [0.5, 0.6) is 0 Å². The second-order valence-electron chi connectivity index (χ2n) is 5.99. The van der Waals surface area contributed by atoms with Crippen LogP contribution < -0.4 is 5.32 Å². The summed E-state index contributed by atoms with van der Waals surface area (Å²) in [5.41, 5.74) is 0. The molecule has 19 heavy (non-hydrogen) atoms. The lowest BCUT2D eigenvalue weighted by molar-refractivity contribution is 0.229. The van der Waals surface area contributed by atoms with E-state index in [2.05, 4.69) is 47.2 Å². The van der Waals surface area contributed by atoms with Gasteiger partial charge in [-0.25, -0.2) is 0 Å². The Balaban J connectivity index is 1.94. The van der Waals surface area contributed by atoms with Crippen molar-refractivity contribution in [1.82, 2.24) is 5.32 Å². The molecule has 0 spiro atoms. The molecule has 1 aromatic heterocycles. The molecule has 0 amide bonds. The van der Waals surface area contributed by atoms with Crippen LogP contribution in [0.3, 0.4) is 0 Å². The van der Waals surface area contributed by atoms with Crippen molar-refractivity contribution in [2.24, 2.45) is 11.8 Å². The highest BCUT2D eigenvalue weighted by molar-refractivity contribution is 9.11. The van der Waals surface area contributed by atoms with E-state index in [1.54, 1.807) is 0 Å². The van der Waals surface area contributed by atoms with E-state index in [1.807, 2.05) is 11.3 Å². The fraction of sp³-hybridized carbons (Fsp3) is 0.750. The molecule has 2 rings (SSSR count). The summed E-state index contributed by atoms with van der Waals surface area (Å²) in [7, 11) is 0. The van der Waals surface area contributed by atoms with Crippen molar-refractivity contribution in [3.8, 4) is 0 Å². The first-order valence-corrected chi connectivity index (χ1v) is 9.27. The van der Waals surface area contributed by atoms with Gasteiger partial charge in [0, 0.05) is 10.9 Å². The van der Waals surface area contributed by atoms with Crippen LogP contribution in [-0.2, 0) is 6.42 Å². The van der Waals surface area contributed by atoms with E-state index in [9.17, 15) is 0 Å². The summed E-state index contributed by atoms with van der Waals surface area (Å²) >= 11 is 5.47. The van der Waals surface area contributed by atoms with Crippen LogP contribution in [0.15, 0.2) is 15.9 Å². The van der Waals surface area contributed by atoms with Crippen LogP contribution in [0.1, 0.15) is 50.8 Å². The molecule has 0 saturated heterocycles. The van der Waals surface area contributed by atoms with Crippen LogP contribution in [0.2, 0.25) is 0 Å². The summed E-state index contributed by atoms with van der Waals surface area (Å²) in [6.07, 6.45) is 8.10. The lowest BCUT2D eigenvalue weighted by Crippen LogP contribution is -2.39. The largest absolute Gasteiger partial charge is 0.313 e. The Morgan fingerprint density at radius 1 is 1.32 bits per heavy atom. The van der Waals surface area contributed by atoms with Crippen molar-refractivity contribution < 1.29 is 0 Å². The molecular formula is C16H26BrNS. The van der Waals surface area contributed by atoms with Gasteiger partial charge in [-0.2, -0.15) is 0 Å². The predicted octanol–water partition coefficient (Wildman–Crippen LogP) is 5.25. The Morgan fingerprint density at radius 2 is 2.05 bits per heavy atom. The molecule has 3 heteroatoms. The Bertz CT molecular complexity index is 369. The first-order chi connectivity index (χ1) is 9.19. The van der Waals surface area contributed by atoms with Crippen molar-refractivity contribution in [3.05, 3.63) is 20.8 Å². The molecule has 1 aliphatic carbocycles. The maximum Gasteiger partial charge on any atom is 0.0701 e. The molecule has 1 aromatic rings. The molecular weight excluding hydrogens is 318 g/mol. The van der Waals surface area contributed by atoms with Crippen molar-refractivity contribution in [3.63, 3.8) is 0 Å². The summed E-state index contributed by atoms with van der Waals surface area (Å²) in [5, 5.41) is 3.80. The fourth-order valence-electron chi connectivity index (χ4n) is 3.10. The molecule has 1 unspecified atom stereocenters. The number of nitrogens with one attached hydrogen (secondary N) is 1. The van der Waals surface area contributed by atoms with E-state index < -0.39 is 0 Å². The van der Waals surface area contributed by atoms with Gasteiger partial charge >= 0.3 is 0 Å². The maximum atomic E-state index is 3.80. The third kappa shape index (κ3) is 4.87. The zero-order valence-corrected chi connectivity index (χ0v) is 14.5. The lowest BCUT2D eigenvalue weighted by Gasteiger charge is -2.33. The molecule has 1 saturated carbocycles. The second kappa shape index (κ2) is 7.80. The number of rotatable bonds is 6. The van der Waals surface area contributed by atoms with E-state index in [0.717, 1.165) is 18.4 Å². The van der Waals surface area contributed by atoms with Gasteiger partial charge in [0.2, 0.25) is 0 Å². The van der Waals surface area contributed by atoms with Crippen LogP contribution in [0.4, 0.5) is 0 Å². The predicted molar refractivity (Wildman–Crippen MR) is 88.9 cm³/mol. The Hall–Kier alpha value is 0.140. The van der Waals surface area contributed by atoms with Crippen molar-refractivity contribution in [2.75, 3.05) is 6.54 Å².